The molecule has 0 bridgehead atoms. The lowest BCUT2D eigenvalue weighted by atomic mass is 9.75. The van der Waals surface area contributed by atoms with Gasteiger partial charge in [0, 0.05) is 19.5 Å². The molecule has 6 heteroatoms. The molecule has 1 aromatic carbocycles. The highest BCUT2D eigenvalue weighted by Gasteiger charge is 2.28. The summed E-state index contributed by atoms with van der Waals surface area (Å²) in [5.41, 5.74) is 5.86. The van der Waals surface area contributed by atoms with Gasteiger partial charge < -0.3 is 15.4 Å². The van der Waals surface area contributed by atoms with Crippen LogP contribution in [0.25, 0.3) is 0 Å². The van der Waals surface area contributed by atoms with E-state index in [1.807, 2.05) is 12.1 Å². The lowest BCUT2D eigenvalue weighted by Crippen LogP contribution is -2.39. The summed E-state index contributed by atoms with van der Waals surface area (Å²) in [4.78, 5) is 13.8. The Morgan fingerprint density at radius 1 is 1.21 bits per heavy atom. The molecule has 1 amide bonds. The molecule has 1 aliphatic carbocycles. The van der Waals surface area contributed by atoms with Crippen LogP contribution in [0, 0.1) is 23.2 Å². The molecule has 2 fully saturated rings. The summed E-state index contributed by atoms with van der Waals surface area (Å²) in [6.07, 6.45) is 8.59. The fourth-order valence-corrected chi connectivity index (χ4v) is 4.89. The summed E-state index contributed by atoms with van der Waals surface area (Å²) >= 11 is 6.09. The molecular formula is C22H30ClN3O2. The van der Waals surface area contributed by atoms with E-state index in [0.29, 0.717) is 34.6 Å². The fraction of sp³-hybridized carbons (Fsp3) is 0.636. The van der Waals surface area contributed by atoms with E-state index in [1.54, 1.807) is 6.07 Å². The lowest BCUT2D eigenvalue weighted by molar-refractivity contribution is -0.119. The predicted octanol–water partition coefficient (Wildman–Crippen LogP) is 4.13. The molecule has 0 aromatic heterocycles. The van der Waals surface area contributed by atoms with E-state index >= 15 is 0 Å². The van der Waals surface area contributed by atoms with Gasteiger partial charge in [0.05, 0.1) is 5.02 Å². The van der Waals surface area contributed by atoms with Gasteiger partial charge in [0.15, 0.2) is 0 Å². The van der Waals surface area contributed by atoms with Crippen LogP contribution in [0.15, 0.2) is 18.2 Å². The van der Waals surface area contributed by atoms with Crippen molar-refractivity contribution in [1.82, 2.24) is 4.90 Å². The van der Waals surface area contributed by atoms with Gasteiger partial charge in [-0.15, -0.1) is 0 Å². The summed E-state index contributed by atoms with van der Waals surface area (Å²) in [7, 11) is 0. The van der Waals surface area contributed by atoms with E-state index in [1.165, 1.54) is 19.3 Å². The number of nitriles is 1. The highest BCUT2D eigenvalue weighted by molar-refractivity contribution is 6.31. The minimum atomic E-state index is -0.160. The molecule has 1 aromatic rings. The second kappa shape index (κ2) is 10.1. The molecule has 1 heterocycles. The molecule has 2 atom stereocenters. The average Bonchev–Trinajstić information content (AvgIpc) is 2.68. The number of primary amides is 1. The number of nitrogens with two attached hydrogens (primary N) is 1. The van der Waals surface area contributed by atoms with Crippen LogP contribution in [0.3, 0.4) is 0 Å². The van der Waals surface area contributed by atoms with E-state index in [9.17, 15) is 10.1 Å². The highest BCUT2D eigenvalue weighted by atomic mass is 35.5. The maximum absolute atomic E-state index is 11.3. The number of benzene rings is 1. The molecule has 28 heavy (non-hydrogen) atoms. The van der Waals surface area contributed by atoms with Crippen molar-refractivity contribution in [3.8, 4) is 11.8 Å². The summed E-state index contributed by atoms with van der Waals surface area (Å²) in [5, 5.41) is 9.73. The van der Waals surface area contributed by atoms with Gasteiger partial charge in [0.2, 0.25) is 5.91 Å². The second-order valence-electron chi connectivity index (χ2n) is 8.15. The third-order valence-corrected chi connectivity index (χ3v) is 6.58. The number of carbonyl (C=O) groups is 1. The maximum Gasteiger partial charge on any atom is 0.217 e. The van der Waals surface area contributed by atoms with Crippen molar-refractivity contribution in [1.29, 1.82) is 5.26 Å². The van der Waals surface area contributed by atoms with Gasteiger partial charge in [-0.25, -0.2) is 0 Å². The molecule has 0 radical (unpaired) electrons. The number of piperidine rings is 1. The van der Waals surface area contributed by atoms with Crippen molar-refractivity contribution in [3.05, 3.63) is 28.8 Å². The molecule has 0 spiro atoms. The SMILES string of the molecule is N#Cc1c(Cl)cccc1OC1CCN(CCC2CCCCC2CC(N)=O)CC1. The van der Waals surface area contributed by atoms with E-state index in [0.717, 1.165) is 45.3 Å². The highest BCUT2D eigenvalue weighted by Crippen LogP contribution is 2.35. The first-order chi connectivity index (χ1) is 13.6. The summed E-state index contributed by atoms with van der Waals surface area (Å²) < 4.78 is 6.08. The fourth-order valence-electron chi connectivity index (χ4n) is 4.68. The molecule has 152 valence electrons. The Balaban J connectivity index is 1.45. The molecule has 1 aliphatic heterocycles. The Labute approximate surface area is 172 Å². The Bertz CT molecular complexity index is 710. The van der Waals surface area contributed by atoms with Crippen molar-refractivity contribution >= 4 is 17.5 Å². The molecule has 2 unspecified atom stereocenters. The van der Waals surface area contributed by atoms with Crippen molar-refractivity contribution in [3.63, 3.8) is 0 Å². The molecule has 1 saturated carbocycles. The van der Waals surface area contributed by atoms with Crippen LogP contribution < -0.4 is 10.5 Å². The first-order valence-electron chi connectivity index (χ1n) is 10.4. The number of rotatable bonds is 7. The zero-order valence-electron chi connectivity index (χ0n) is 16.4. The van der Waals surface area contributed by atoms with Gasteiger partial charge >= 0.3 is 0 Å². The number of halogens is 1. The van der Waals surface area contributed by atoms with Crippen LogP contribution in [0.2, 0.25) is 5.02 Å². The van der Waals surface area contributed by atoms with E-state index in [2.05, 4.69) is 11.0 Å². The number of hydrogen-bond acceptors (Lipinski definition) is 4. The molecular weight excluding hydrogens is 374 g/mol. The van der Waals surface area contributed by atoms with Crippen LogP contribution in [0.5, 0.6) is 5.75 Å². The van der Waals surface area contributed by atoms with E-state index in [4.69, 9.17) is 22.1 Å². The van der Waals surface area contributed by atoms with Gasteiger partial charge in [-0.05, 0) is 56.2 Å². The number of nitrogens with zero attached hydrogens (tertiary/aromatic N) is 2. The number of likely N-dealkylation sites (tertiary alicyclic amines) is 1. The van der Waals surface area contributed by atoms with Crippen LogP contribution >= 0.6 is 11.6 Å². The zero-order valence-corrected chi connectivity index (χ0v) is 17.2. The van der Waals surface area contributed by atoms with Crippen LogP contribution in [-0.4, -0.2) is 36.5 Å². The third-order valence-electron chi connectivity index (χ3n) is 6.26. The lowest BCUT2D eigenvalue weighted by Gasteiger charge is -2.35. The second-order valence-corrected chi connectivity index (χ2v) is 8.55. The van der Waals surface area contributed by atoms with Crippen LogP contribution in [0.4, 0.5) is 0 Å². The maximum atomic E-state index is 11.3. The largest absolute Gasteiger partial charge is 0.489 e. The van der Waals surface area contributed by atoms with Gasteiger partial charge in [-0.1, -0.05) is 36.9 Å². The summed E-state index contributed by atoms with van der Waals surface area (Å²) in [6, 6.07) is 7.49. The van der Waals surface area contributed by atoms with E-state index < -0.39 is 0 Å². The molecule has 1 saturated heterocycles. The standard InChI is InChI=1S/C22H30ClN3O2/c23-20-6-3-7-21(19(20)15-24)28-18-9-12-26(13-10-18)11-8-16-4-1-2-5-17(16)14-22(25)27/h3,6-7,16-18H,1-2,4-5,8-14H2,(H2,25,27). The topological polar surface area (TPSA) is 79.3 Å². The van der Waals surface area contributed by atoms with Crippen molar-refractivity contribution in [2.45, 2.75) is 57.5 Å². The van der Waals surface area contributed by atoms with Crippen molar-refractivity contribution < 1.29 is 9.53 Å². The van der Waals surface area contributed by atoms with Crippen LogP contribution in [-0.2, 0) is 4.79 Å². The van der Waals surface area contributed by atoms with Crippen LogP contribution in [0.1, 0.15) is 56.9 Å². The average molecular weight is 404 g/mol. The minimum Gasteiger partial charge on any atom is -0.489 e. The van der Waals surface area contributed by atoms with Gasteiger partial charge in [0.25, 0.3) is 0 Å². The zero-order chi connectivity index (χ0) is 19.9. The molecule has 5 nitrogen and oxygen atoms in total. The molecule has 2 N–H and O–H groups in total. The first kappa shape index (κ1) is 21.0. The number of amides is 1. The van der Waals surface area contributed by atoms with Gasteiger partial charge in [-0.2, -0.15) is 5.26 Å². The third kappa shape index (κ3) is 5.62. The van der Waals surface area contributed by atoms with Crippen molar-refractivity contribution in [2.24, 2.45) is 17.6 Å². The Hall–Kier alpha value is -1.77. The summed E-state index contributed by atoms with van der Waals surface area (Å²) in [5.74, 6) is 1.52. The summed E-state index contributed by atoms with van der Waals surface area (Å²) in [6.45, 7) is 3.08. The molecule has 2 aliphatic rings. The van der Waals surface area contributed by atoms with Gasteiger partial charge in [-0.3, -0.25) is 4.79 Å². The minimum absolute atomic E-state index is 0.124. The number of hydrogen-bond donors (Lipinski definition) is 1. The predicted molar refractivity (Wildman–Crippen MR) is 110 cm³/mol. The first-order valence-corrected chi connectivity index (χ1v) is 10.8. The normalized spacial score (nSPS) is 23.9. The Morgan fingerprint density at radius 3 is 2.61 bits per heavy atom. The molecule has 3 rings (SSSR count). The number of ether oxygens (including phenoxy) is 1. The Morgan fingerprint density at radius 2 is 1.93 bits per heavy atom. The quantitative estimate of drug-likeness (QED) is 0.742. The smallest absolute Gasteiger partial charge is 0.217 e. The Kier molecular flexibility index (Phi) is 7.58. The number of carbonyl (C=O) groups excluding carboxylic acids is 1. The monoisotopic (exact) mass is 403 g/mol. The van der Waals surface area contributed by atoms with Crippen molar-refractivity contribution in [2.75, 3.05) is 19.6 Å². The van der Waals surface area contributed by atoms with E-state index in [-0.39, 0.29) is 12.0 Å². The van der Waals surface area contributed by atoms with Gasteiger partial charge in [0.1, 0.15) is 23.5 Å².